The van der Waals surface area contributed by atoms with Gasteiger partial charge in [-0.25, -0.2) is 0 Å². The van der Waals surface area contributed by atoms with Crippen molar-refractivity contribution in [2.45, 2.75) is 13.8 Å². The molecular weight excluding hydrogens is 276 g/mol. The number of amides is 2. The molecule has 1 aliphatic rings. The molecule has 0 aromatic heterocycles. The largest absolute Gasteiger partial charge is 0.324 e. The number of anilines is 2. The van der Waals surface area contributed by atoms with Gasteiger partial charge in [0.25, 0.3) is 5.91 Å². The summed E-state index contributed by atoms with van der Waals surface area (Å²) in [6.07, 6.45) is 0. The first-order chi connectivity index (χ1) is 10.6. The number of aryl methyl sites for hydroxylation is 1. The number of nitrogens with one attached hydrogen (secondary N) is 1. The number of carbonyl (C=O) groups is 2. The van der Waals surface area contributed by atoms with Gasteiger partial charge in [0, 0.05) is 12.1 Å². The molecule has 0 radical (unpaired) electrons. The second kappa shape index (κ2) is 5.64. The van der Waals surface area contributed by atoms with E-state index in [-0.39, 0.29) is 17.7 Å². The van der Waals surface area contributed by atoms with Crippen molar-refractivity contribution in [3.05, 3.63) is 59.7 Å². The third-order valence-corrected chi connectivity index (χ3v) is 3.87. The van der Waals surface area contributed by atoms with E-state index in [0.29, 0.717) is 17.8 Å². The fourth-order valence-corrected chi connectivity index (χ4v) is 2.65. The third kappa shape index (κ3) is 2.60. The van der Waals surface area contributed by atoms with E-state index in [2.05, 4.69) is 5.32 Å². The maximum atomic E-state index is 12.9. The molecule has 1 aliphatic heterocycles. The minimum absolute atomic E-state index is 0.0630. The standard InChI is InChI=1S/C18H18N2O2/c1-12-6-5-7-14(10-12)18(22)20-11-13(2)17(21)19-15-8-3-4-9-16(15)20/h3-10,13H,11H2,1-2H3,(H,19,21). The van der Waals surface area contributed by atoms with Crippen molar-refractivity contribution < 1.29 is 9.59 Å². The van der Waals surface area contributed by atoms with E-state index in [1.807, 2.05) is 62.4 Å². The SMILES string of the molecule is Cc1cccc(C(=O)N2CC(C)C(=O)Nc3ccccc32)c1. The molecule has 1 atom stereocenters. The molecule has 2 aromatic rings. The molecule has 2 aromatic carbocycles. The van der Waals surface area contributed by atoms with Crippen LogP contribution in [0.4, 0.5) is 11.4 Å². The predicted octanol–water partition coefficient (Wildman–Crippen LogP) is 3.23. The summed E-state index contributed by atoms with van der Waals surface area (Å²) in [4.78, 5) is 26.7. The van der Waals surface area contributed by atoms with Crippen molar-refractivity contribution >= 4 is 23.2 Å². The van der Waals surface area contributed by atoms with Crippen molar-refractivity contribution in [1.82, 2.24) is 0 Å². The second-order valence-corrected chi connectivity index (χ2v) is 5.69. The maximum absolute atomic E-state index is 12.9. The topological polar surface area (TPSA) is 49.4 Å². The Bertz CT molecular complexity index is 739. The summed E-state index contributed by atoms with van der Waals surface area (Å²) < 4.78 is 0. The molecule has 22 heavy (non-hydrogen) atoms. The molecule has 1 unspecified atom stereocenters. The molecule has 112 valence electrons. The normalized spacial score (nSPS) is 17.5. The van der Waals surface area contributed by atoms with Gasteiger partial charge in [0.1, 0.15) is 0 Å². The minimum atomic E-state index is -0.263. The van der Waals surface area contributed by atoms with Gasteiger partial charge in [-0.05, 0) is 31.2 Å². The van der Waals surface area contributed by atoms with Crippen LogP contribution in [0.2, 0.25) is 0 Å². The Kier molecular flexibility index (Phi) is 3.67. The molecule has 3 rings (SSSR count). The first-order valence-corrected chi connectivity index (χ1v) is 7.34. The molecule has 0 fully saturated rings. The lowest BCUT2D eigenvalue weighted by Gasteiger charge is -2.23. The van der Waals surface area contributed by atoms with E-state index in [1.165, 1.54) is 0 Å². The van der Waals surface area contributed by atoms with Crippen LogP contribution in [0.3, 0.4) is 0 Å². The number of hydrogen-bond donors (Lipinski definition) is 1. The molecular formula is C18H18N2O2. The van der Waals surface area contributed by atoms with Gasteiger partial charge in [0.2, 0.25) is 5.91 Å². The predicted molar refractivity (Wildman–Crippen MR) is 87.1 cm³/mol. The van der Waals surface area contributed by atoms with Crippen LogP contribution in [0.15, 0.2) is 48.5 Å². The van der Waals surface area contributed by atoms with Crippen LogP contribution in [-0.4, -0.2) is 18.4 Å². The van der Waals surface area contributed by atoms with Crippen molar-refractivity contribution in [3.8, 4) is 0 Å². The molecule has 4 nitrogen and oxygen atoms in total. The van der Waals surface area contributed by atoms with Crippen LogP contribution in [0.5, 0.6) is 0 Å². The maximum Gasteiger partial charge on any atom is 0.258 e. The zero-order valence-corrected chi connectivity index (χ0v) is 12.7. The average molecular weight is 294 g/mol. The summed E-state index contributed by atoms with van der Waals surface area (Å²) in [5.74, 6) is -0.410. The lowest BCUT2D eigenvalue weighted by atomic mass is 10.1. The Morgan fingerprint density at radius 2 is 1.95 bits per heavy atom. The third-order valence-electron chi connectivity index (χ3n) is 3.87. The van der Waals surface area contributed by atoms with Crippen LogP contribution in [0, 0.1) is 12.8 Å². The summed E-state index contributed by atoms with van der Waals surface area (Å²) >= 11 is 0. The highest BCUT2D eigenvalue weighted by Gasteiger charge is 2.28. The Balaban J connectivity index is 2.05. The van der Waals surface area contributed by atoms with E-state index in [9.17, 15) is 9.59 Å². The molecule has 1 N–H and O–H groups in total. The number of carbonyl (C=O) groups excluding carboxylic acids is 2. The zero-order chi connectivity index (χ0) is 15.7. The molecule has 4 heteroatoms. The monoisotopic (exact) mass is 294 g/mol. The minimum Gasteiger partial charge on any atom is -0.324 e. The molecule has 2 amide bonds. The highest BCUT2D eigenvalue weighted by atomic mass is 16.2. The smallest absolute Gasteiger partial charge is 0.258 e. The zero-order valence-electron chi connectivity index (χ0n) is 12.7. The van der Waals surface area contributed by atoms with Gasteiger partial charge < -0.3 is 10.2 Å². The van der Waals surface area contributed by atoms with Crippen molar-refractivity contribution in [1.29, 1.82) is 0 Å². The molecule has 0 saturated heterocycles. The lowest BCUT2D eigenvalue weighted by Crippen LogP contribution is -2.35. The fourth-order valence-electron chi connectivity index (χ4n) is 2.65. The molecule has 0 bridgehead atoms. The number of nitrogens with zero attached hydrogens (tertiary/aromatic N) is 1. The highest BCUT2D eigenvalue weighted by molar-refractivity contribution is 6.10. The first-order valence-electron chi connectivity index (χ1n) is 7.34. The summed E-state index contributed by atoms with van der Waals surface area (Å²) in [6, 6.07) is 14.9. The van der Waals surface area contributed by atoms with Gasteiger partial charge in [-0.1, -0.05) is 36.8 Å². The summed E-state index contributed by atoms with van der Waals surface area (Å²) in [6.45, 7) is 4.16. The summed E-state index contributed by atoms with van der Waals surface area (Å²) in [5, 5.41) is 2.89. The Hall–Kier alpha value is -2.62. The fraction of sp³-hybridized carbons (Fsp3) is 0.222. The summed E-state index contributed by atoms with van der Waals surface area (Å²) in [7, 11) is 0. The Morgan fingerprint density at radius 3 is 2.73 bits per heavy atom. The van der Waals surface area contributed by atoms with Crippen LogP contribution >= 0.6 is 0 Å². The van der Waals surface area contributed by atoms with Gasteiger partial charge in [-0.15, -0.1) is 0 Å². The second-order valence-electron chi connectivity index (χ2n) is 5.69. The van der Waals surface area contributed by atoms with Gasteiger partial charge in [0.15, 0.2) is 0 Å². The van der Waals surface area contributed by atoms with Crippen LogP contribution in [0.25, 0.3) is 0 Å². The van der Waals surface area contributed by atoms with E-state index in [0.717, 1.165) is 11.3 Å². The van der Waals surface area contributed by atoms with E-state index >= 15 is 0 Å². The Morgan fingerprint density at radius 1 is 1.18 bits per heavy atom. The van der Waals surface area contributed by atoms with E-state index in [1.54, 1.807) is 4.90 Å². The van der Waals surface area contributed by atoms with Crippen LogP contribution in [0.1, 0.15) is 22.8 Å². The Labute approximate surface area is 129 Å². The van der Waals surface area contributed by atoms with Crippen LogP contribution < -0.4 is 10.2 Å². The average Bonchev–Trinajstić information content (AvgIpc) is 2.64. The van der Waals surface area contributed by atoms with Crippen molar-refractivity contribution in [2.75, 3.05) is 16.8 Å². The van der Waals surface area contributed by atoms with Gasteiger partial charge >= 0.3 is 0 Å². The summed E-state index contributed by atoms with van der Waals surface area (Å²) in [5.41, 5.74) is 3.09. The van der Waals surface area contributed by atoms with Crippen molar-refractivity contribution in [3.63, 3.8) is 0 Å². The van der Waals surface area contributed by atoms with Crippen molar-refractivity contribution in [2.24, 2.45) is 5.92 Å². The van der Waals surface area contributed by atoms with Gasteiger partial charge in [-0.2, -0.15) is 0 Å². The lowest BCUT2D eigenvalue weighted by molar-refractivity contribution is -0.119. The first kappa shape index (κ1) is 14.3. The highest BCUT2D eigenvalue weighted by Crippen LogP contribution is 2.31. The van der Waals surface area contributed by atoms with E-state index < -0.39 is 0 Å². The van der Waals surface area contributed by atoms with Crippen LogP contribution in [-0.2, 0) is 4.79 Å². The van der Waals surface area contributed by atoms with Gasteiger partial charge in [0.05, 0.1) is 17.3 Å². The number of rotatable bonds is 1. The quantitative estimate of drug-likeness (QED) is 0.878. The molecule has 0 spiro atoms. The van der Waals surface area contributed by atoms with Gasteiger partial charge in [-0.3, -0.25) is 9.59 Å². The number of fused-ring (bicyclic) bond motifs is 1. The molecule has 1 heterocycles. The molecule has 0 saturated carbocycles. The number of benzene rings is 2. The van der Waals surface area contributed by atoms with E-state index in [4.69, 9.17) is 0 Å². The molecule has 0 aliphatic carbocycles. The number of hydrogen-bond acceptors (Lipinski definition) is 2. The number of para-hydroxylation sites is 2.